The van der Waals surface area contributed by atoms with Crippen molar-refractivity contribution in [3.8, 4) is 22.8 Å². The fourth-order valence-electron chi connectivity index (χ4n) is 2.18. The maximum absolute atomic E-state index is 12.2. The van der Waals surface area contributed by atoms with E-state index in [1.54, 1.807) is 24.3 Å². The Morgan fingerprint density at radius 1 is 1.27 bits per heavy atom. The topological polar surface area (TPSA) is 59.7 Å². The molecule has 4 nitrogen and oxygen atoms in total. The first-order valence-electron chi connectivity index (χ1n) is 6.30. The summed E-state index contributed by atoms with van der Waals surface area (Å²) in [6, 6.07) is 9.39. The molecule has 3 aromatic rings. The van der Waals surface area contributed by atoms with Gasteiger partial charge in [0.1, 0.15) is 17.3 Å². The van der Waals surface area contributed by atoms with Crippen LogP contribution in [0.25, 0.3) is 22.3 Å². The molecule has 0 fully saturated rings. The molecule has 0 amide bonds. The molecule has 0 spiro atoms. The minimum atomic E-state index is -0.219. The highest BCUT2D eigenvalue weighted by Crippen LogP contribution is 2.38. The van der Waals surface area contributed by atoms with Gasteiger partial charge in [-0.15, -0.1) is 0 Å². The fraction of sp³-hybridized carbons (Fsp3) is 0.0625. The second kappa shape index (κ2) is 5.66. The van der Waals surface area contributed by atoms with Crippen molar-refractivity contribution in [3.63, 3.8) is 0 Å². The summed E-state index contributed by atoms with van der Waals surface area (Å²) in [5.74, 6) is 0.738. The molecule has 0 aliphatic carbocycles. The number of benzene rings is 2. The molecule has 0 bridgehead atoms. The summed E-state index contributed by atoms with van der Waals surface area (Å²) in [6.07, 6.45) is 0. The monoisotopic (exact) mass is 380 g/mol. The molecule has 0 aliphatic heterocycles. The smallest absolute Gasteiger partial charge is 0.193 e. The zero-order valence-corrected chi connectivity index (χ0v) is 13.7. The van der Waals surface area contributed by atoms with Crippen LogP contribution in [-0.4, -0.2) is 12.2 Å². The third-order valence-corrected chi connectivity index (χ3v) is 4.17. The molecule has 0 saturated carbocycles. The maximum atomic E-state index is 12.2. The van der Waals surface area contributed by atoms with Gasteiger partial charge in [-0.05, 0) is 40.2 Å². The van der Waals surface area contributed by atoms with E-state index in [9.17, 15) is 9.90 Å². The van der Waals surface area contributed by atoms with E-state index in [2.05, 4.69) is 15.9 Å². The number of methoxy groups -OCH3 is 1. The van der Waals surface area contributed by atoms with Gasteiger partial charge in [0, 0.05) is 6.07 Å². The van der Waals surface area contributed by atoms with E-state index >= 15 is 0 Å². The van der Waals surface area contributed by atoms with Crippen LogP contribution in [0.4, 0.5) is 0 Å². The second-order valence-corrected chi connectivity index (χ2v) is 5.86. The summed E-state index contributed by atoms with van der Waals surface area (Å²) < 4.78 is 11.5. The molecule has 112 valence electrons. The molecule has 2 aromatic carbocycles. The van der Waals surface area contributed by atoms with Gasteiger partial charge in [0.25, 0.3) is 0 Å². The van der Waals surface area contributed by atoms with Gasteiger partial charge in [-0.2, -0.15) is 0 Å². The van der Waals surface area contributed by atoms with Crippen molar-refractivity contribution >= 4 is 38.5 Å². The van der Waals surface area contributed by atoms with E-state index in [1.807, 2.05) is 0 Å². The molecular weight excluding hydrogens is 372 g/mol. The number of fused-ring (bicyclic) bond motifs is 1. The lowest BCUT2D eigenvalue weighted by Gasteiger charge is -2.10. The van der Waals surface area contributed by atoms with Crippen LogP contribution >= 0.6 is 27.5 Å². The average molecular weight is 382 g/mol. The molecule has 1 N–H and O–H groups in total. The Balaban J connectivity index is 2.34. The maximum Gasteiger partial charge on any atom is 0.193 e. The number of para-hydroxylation sites is 1. The third-order valence-electron chi connectivity index (χ3n) is 3.24. The number of rotatable bonds is 2. The van der Waals surface area contributed by atoms with Crippen LogP contribution in [0.1, 0.15) is 0 Å². The van der Waals surface area contributed by atoms with Gasteiger partial charge in [0.15, 0.2) is 11.0 Å². The Kier molecular flexibility index (Phi) is 3.85. The second-order valence-electron chi connectivity index (χ2n) is 4.60. The molecule has 3 rings (SSSR count). The Labute approximate surface area is 139 Å². The van der Waals surface area contributed by atoms with Crippen LogP contribution in [0.2, 0.25) is 5.02 Å². The van der Waals surface area contributed by atoms with Crippen molar-refractivity contribution in [1.82, 2.24) is 0 Å². The standard InChI is InChI=1S/C16H10BrClO4/c1-21-14-6-10(17)13(20)5-9(14)15-7-12(19)8-3-2-4-11(18)16(8)22-15/h2-7,20H,1H3. The van der Waals surface area contributed by atoms with Crippen LogP contribution < -0.4 is 10.2 Å². The first-order valence-corrected chi connectivity index (χ1v) is 7.47. The first kappa shape index (κ1) is 14.9. The molecule has 0 radical (unpaired) electrons. The largest absolute Gasteiger partial charge is 0.507 e. The van der Waals surface area contributed by atoms with Crippen molar-refractivity contribution in [2.24, 2.45) is 0 Å². The van der Waals surface area contributed by atoms with Crippen LogP contribution in [0.3, 0.4) is 0 Å². The molecule has 0 unspecified atom stereocenters. The van der Waals surface area contributed by atoms with E-state index in [-0.39, 0.29) is 16.9 Å². The summed E-state index contributed by atoms with van der Waals surface area (Å²) >= 11 is 9.31. The predicted octanol–water partition coefficient (Wildman–Crippen LogP) is 4.59. The van der Waals surface area contributed by atoms with E-state index in [1.165, 1.54) is 19.2 Å². The minimum Gasteiger partial charge on any atom is -0.507 e. The van der Waals surface area contributed by atoms with Gasteiger partial charge in [-0.3, -0.25) is 4.79 Å². The van der Waals surface area contributed by atoms with Crippen molar-refractivity contribution in [2.75, 3.05) is 7.11 Å². The lowest BCUT2D eigenvalue weighted by molar-refractivity contribution is 0.411. The molecule has 1 aromatic heterocycles. The predicted molar refractivity (Wildman–Crippen MR) is 88.8 cm³/mol. The van der Waals surface area contributed by atoms with Gasteiger partial charge in [0.05, 0.1) is 27.6 Å². The SMILES string of the molecule is COc1cc(Br)c(O)cc1-c1cc(=O)c2cccc(Cl)c2o1. The van der Waals surface area contributed by atoms with Gasteiger partial charge >= 0.3 is 0 Å². The highest BCUT2D eigenvalue weighted by Gasteiger charge is 2.15. The normalized spacial score (nSPS) is 10.9. The number of phenolic OH excluding ortho intramolecular Hbond substituents is 1. The Bertz CT molecular complexity index is 933. The number of hydrogen-bond acceptors (Lipinski definition) is 4. The Morgan fingerprint density at radius 3 is 2.77 bits per heavy atom. The molecule has 0 aliphatic rings. The van der Waals surface area contributed by atoms with Crippen LogP contribution in [-0.2, 0) is 0 Å². The van der Waals surface area contributed by atoms with Crippen molar-refractivity contribution < 1.29 is 14.3 Å². The number of halogens is 2. The minimum absolute atomic E-state index is 0.0118. The van der Waals surface area contributed by atoms with Crippen molar-refractivity contribution in [3.05, 3.63) is 56.1 Å². The molecule has 0 saturated heterocycles. The summed E-state index contributed by atoms with van der Waals surface area (Å²) in [7, 11) is 1.49. The highest BCUT2D eigenvalue weighted by atomic mass is 79.9. The fourth-order valence-corrected chi connectivity index (χ4v) is 2.72. The van der Waals surface area contributed by atoms with E-state index < -0.39 is 0 Å². The highest BCUT2D eigenvalue weighted by molar-refractivity contribution is 9.10. The third kappa shape index (κ3) is 2.46. The molecule has 0 atom stereocenters. The van der Waals surface area contributed by atoms with E-state index in [0.29, 0.717) is 31.8 Å². The molecule has 1 heterocycles. The zero-order chi connectivity index (χ0) is 15.9. The summed E-state index contributed by atoms with van der Waals surface area (Å²) in [4.78, 5) is 12.2. The molecule has 6 heteroatoms. The summed E-state index contributed by atoms with van der Waals surface area (Å²) in [5.41, 5.74) is 0.543. The van der Waals surface area contributed by atoms with Crippen molar-refractivity contribution in [1.29, 1.82) is 0 Å². The number of phenols is 1. The average Bonchev–Trinajstić information content (AvgIpc) is 2.50. The zero-order valence-electron chi connectivity index (χ0n) is 11.4. The van der Waals surface area contributed by atoms with Gasteiger partial charge in [0.2, 0.25) is 0 Å². The molecule has 22 heavy (non-hydrogen) atoms. The van der Waals surface area contributed by atoms with Crippen LogP contribution in [0.15, 0.2) is 50.1 Å². The number of aromatic hydroxyl groups is 1. The Morgan fingerprint density at radius 2 is 2.05 bits per heavy atom. The quantitative estimate of drug-likeness (QED) is 0.705. The lowest BCUT2D eigenvalue weighted by Crippen LogP contribution is -2.01. The number of hydrogen-bond donors (Lipinski definition) is 1. The van der Waals surface area contributed by atoms with E-state index in [0.717, 1.165) is 0 Å². The molecular formula is C16H10BrClO4. The Hall–Kier alpha value is -1.98. The van der Waals surface area contributed by atoms with Crippen LogP contribution in [0.5, 0.6) is 11.5 Å². The van der Waals surface area contributed by atoms with Crippen molar-refractivity contribution in [2.45, 2.75) is 0 Å². The summed E-state index contributed by atoms with van der Waals surface area (Å²) in [6.45, 7) is 0. The van der Waals surface area contributed by atoms with Gasteiger partial charge < -0.3 is 14.3 Å². The number of ether oxygens (including phenoxy) is 1. The van der Waals surface area contributed by atoms with Gasteiger partial charge in [-0.25, -0.2) is 0 Å². The van der Waals surface area contributed by atoms with Crippen LogP contribution in [0, 0.1) is 0 Å². The van der Waals surface area contributed by atoms with Gasteiger partial charge in [-0.1, -0.05) is 17.7 Å². The lowest BCUT2D eigenvalue weighted by atomic mass is 10.1. The van der Waals surface area contributed by atoms with E-state index in [4.69, 9.17) is 20.8 Å². The first-order chi connectivity index (χ1) is 10.5. The summed E-state index contributed by atoms with van der Waals surface area (Å²) in [5, 5.41) is 10.6.